The average Bonchev–Trinajstić information content (AvgIpc) is 2.95. The summed E-state index contributed by atoms with van der Waals surface area (Å²) in [6.07, 6.45) is 19.3. The zero-order chi connectivity index (χ0) is 28.2. The van der Waals surface area contributed by atoms with Crippen molar-refractivity contribution >= 4 is 28.6 Å². The summed E-state index contributed by atoms with van der Waals surface area (Å²) in [4.78, 5) is 25.4. The van der Waals surface area contributed by atoms with E-state index in [9.17, 15) is 9.59 Å². The van der Waals surface area contributed by atoms with Crippen molar-refractivity contribution in [1.29, 1.82) is 0 Å². The molecule has 0 heterocycles. The topological polar surface area (TPSA) is 43.4 Å². The third-order valence-corrected chi connectivity index (χ3v) is 8.79. The van der Waals surface area contributed by atoms with Gasteiger partial charge in [0.2, 0.25) is 0 Å². The number of ether oxygens (including phenoxy) is 1. The molecule has 3 heteroatoms. The molecule has 2 aromatic rings. The van der Waals surface area contributed by atoms with Crippen molar-refractivity contribution in [2.45, 2.75) is 124 Å². The minimum Gasteiger partial charge on any atom is -0.426 e. The van der Waals surface area contributed by atoms with Crippen LogP contribution < -0.4 is 4.74 Å². The van der Waals surface area contributed by atoms with Crippen molar-refractivity contribution < 1.29 is 14.3 Å². The van der Waals surface area contributed by atoms with Crippen LogP contribution in [0.15, 0.2) is 36.4 Å². The van der Waals surface area contributed by atoms with Gasteiger partial charge in [-0.15, -0.1) is 0 Å². The van der Waals surface area contributed by atoms with Gasteiger partial charge in [-0.3, -0.25) is 9.59 Å². The number of fused-ring (bicyclic) bond motifs is 1. The zero-order valence-electron chi connectivity index (χ0n) is 25.3. The second-order valence-corrected chi connectivity index (χ2v) is 12.1. The van der Waals surface area contributed by atoms with Gasteiger partial charge in [-0.05, 0) is 79.0 Å². The molecule has 39 heavy (non-hydrogen) atoms. The van der Waals surface area contributed by atoms with Crippen LogP contribution in [0.25, 0.3) is 16.8 Å². The normalized spacial score (nSPS) is 19.3. The fourth-order valence-corrected chi connectivity index (χ4v) is 6.16. The number of hydrogen-bond acceptors (Lipinski definition) is 3. The lowest BCUT2D eigenvalue weighted by Gasteiger charge is -2.29. The molecule has 3 nitrogen and oxygen atoms in total. The molecule has 0 aromatic heterocycles. The van der Waals surface area contributed by atoms with Crippen LogP contribution in [0.2, 0.25) is 0 Å². The molecule has 1 aliphatic rings. The van der Waals surface area contributed by atoms with Gasteiger partial charge in [0.25, 0.3) is 0 Å². The number of esters is 1. The number of rotatable bonds is 15. The Morgan fingerprint density at radius 2 is 1.56 bits per heavy atom. The first-order chi connectivity index (χ1) is 18.9. The predicted molar refractivity (Wildman–Crippen MR) is 165 cm³/mol. The Morgan fingerprint density at radius 3 is 2.26 bits per heavy atom. The van der Waals surface area contributed by atoms with Crippen molar-refractivity contribution in [3.63, 3.8) is 0 Å². The molecule has 0 N–H and O–H groups in total. The molecule has 0 amide bonds. The highest BCUT2D eigenvalue weighted by Crippen LogP contribution is 2.40. The first-order valence-electron chi connectivity index (χ1n) is 15.9. The van der Waals surface area contributed by atoms with Crippen LogP contribution in [0.1, 0.15) is 135 Å². The maximum Gasteiger partial charge on any atom is 0.314 e. The van der Waals surface area contributed by atoms with Crippen molar-refractivity contribution in [1.82, 2.24) is 0 Å². The maximum absolute atomic E-state index is 12.8. The lowest BCUT2D eigenvalue weighted by molar-refractivity contribution is -0.138. The van der Waals surface area contributed by atoms with Gasteiger partial charge in [-0.2, -0.15) is 0 Å². The van der Waals surface area contributed by atoms with Gasteiger partial charge < -0.3 is 4.74 Å². The van der Waals surface area contributed by atoms with Crippen molar-refractivity contribution in [2.75, 3.05) is 0 Å². The van der Waals surface area contributed by atoms with Crippen molar-refractivity contribution in [2.24, 2.45) is 17.8 Å². The minimum atomic E-state index is -0.175. The van der Waals surface area contributed by atoms with Gasteiger partial charge in [-0.25, -0.2) is 0 Å². The van der Waals surface area contributed by atoms with E-state index in [1.165, 1.54) is 63.4 Å². The quantitative estimate of drug-likeness (QED) is 0.0991. The van der Waals surface area contributed by atoms with E-state index < -0.39 is 0 Å². The molecule has 0 bridgehead atoms. The molecular formula is C36H52O3. The van der Waals surface area contributed by atoms with E-state index in [1.54, 1.807) is 6.08 Å². The lowest BCUT2D eigenvalue weighted by Crippen LogP contribution is -2.17. The molecule has 1 fully saturated rings. The smallest absolute Gasteiger partial charge is 0.314 e. The number of carbonyl (C=O) groups is 2. The number of ketones is 1. The summed E-state index contributed by atoms with van der Waals surface area (Å²) in [6, 6.07) is 10.6. The van der Waals surface area contributed by atoms with Crippen LogP contribution in [0, 0.1) is 17.8 Å². The molecule has 2 unspecified atom stereocenters. The Hall–Kier alpha value is -2.42. The number of allylic oxidation sites excluding steroid dienone is 1. The van der Waals surface area contributed by atoms with E-state index >= 15 is 0 Å². The molecule has 1 aliphatic carbocycles. The minimum absolute atomic E-state index is 0.0329. The predicted octanol–water partition coefficient (Wildman–Crippen LogP) is 10.4. The third-order valence-electron chi connectivity index (χ3n) is 8.79. The maximum atomic E-state index is 12.8. The van der Waals surface area contributed by atoms with Crippen molar-refractivity contribution in [3.05, 3.63) is 47.5 Å². The Morgan fingerprint density at radius 1 is 0.846 bits per heavy atom. The van der Waals surface area contributed by atoms with Gasteiger partial charge in [0.15, 0.2) is 5.78 Å². The van der Waals surface area contributed by atoms with Gasteiger partial charge in [0, 0.05) is 11.3 Å². The second kappa shape index (κ2) is 16.0. The molecule has 2 aromatic carbocycles. The summed E-state index contributed by atoms with van der Waals surface area (Å²) in [7, 11) is 0. The summed E-state index contributed by atoms with van der Waals surface area (Å²) in [6.45, 7) is 10.4. The Bertz CT molecular complexity index is 1090. The third kappa shape index (κ3) is 9.05. The summed E-state index contributed by atoms with van der Waals surface area (Å²) in [5.74, 6) is 1.96. The van der Waals surface area contributed by atoms with Gasteiger partial charge in [-0.1, -0.05) is 110 Å². The van der Waals surface area contributed by atoms with Crippen molar-refractivity contribution in [3.8, 4) is 5.75 Å². The fraction of sp³-hybridized carbons (Fsp3) is 0.611. The van der Waals surface area contributed by atoms with Gasteiger partial charge in [0.05, 0.1) is 5.92 Å². The van der Waals surface area contributed by atoms with Crippen LogP contribution in [0.5, 0.6) is 5.75 Å². The highest BCUT2D eigenvalue weighted by atomic mass is 16.5. The van der Waals surface area contributed by atoms with Crippen LogP contribution in [0.4, 0.5) is 0 Å². The summed E-state index contributed by atoms with van der Waals surface area (Å²) in [5.41, 5.74) is 2.38. The second-order valence-electron chi connectivity index (χ2n) is 12.1. The Labute approximate surface area is 237 Å². The van der Waals surface area contributed by atoms with E-state index in [1.807, 2.05) is 32.1 Å². The van der Waals surface area contributed by atoms with E-state index in [0.29, 0.717) is 11.7 Å². The van der Waals surface area contributed by atoms with E-state index in [4.69, 9.17) is 4.74 Å². The molecular weight excluding hydrogens is 480 g/mol. The van der Waals surface area contributed by atoms with Gasteiger partial charge in [0.1, 0.15) is 5.75 Å². The van der Waals surface area contributed by atoms with Crippen LogP contribution >= 0.6 is 0 Å². The summed E-state index contributed by atoms with van der Waals surface area (Å²) < 4.78 is 5.92. The van der Waals surface area contributed by atoms with Crippen LogP contribution in [0.3, 0.4) is 0 Å². The number of hydrogen-bond donors (Lipinski definition) is 0. The van der Waals surface area contributed by atoms with Crippen LogP contribution in [-0.4, -0.2) is 11.8 Å². The largest absolute Gasteiger partial charge is 0.426 e. The number of benzene rings is 2. The summed E-state index contributed by atoms with van der Waals surface area (Å²) >= 11 is 0. The van der Waals surface area contributed by atoms with Gasteiger partial charge >= 0.3 is 5.97 Å². The molecule has 3 rings (SSSR count). The average molecular weight is 533 g/mol. The lowest BCUT2D eigenvalue weighted by atomic mass is 9.76. The first-order valence-corrected chi connectivity index (χ1v) is 15.9. The molecule has 0 saturated heterocycles. The summed E-state index contributed by atoms with van der Waals surface area (Å²) in [5, 5.41) is 2.01. The fourth-order valence-electron chi connectivity index (χ4n) is 6.16. The molecule has 2 atom stereocenters. The molecule has 214 valence electrons. The monoisotopic (exact) mass is 532 g/mol. The van der Waals surface area contributed by atoms with E-state index in [0.717, 1.165) is 47.9 Å². The standard InChI is InChI=1S/C36H52O3/c1-6-9-10-11-14-28-15-17-29(18-16-28)31-19-22-32-33(25-31)30(20-23-34(37)26(4)12-7-2)21-24-35(32)39-36(38)27(5)13-8-3/h19-29H,6-18H2,1-5H3/b23-20-. The Kier molecular flexibility index (Phi) is 12.8. The highest BCUT2D eigenvalue weighted by molar-refractivity contribution is 6.01. The molecule has 0 radical (unpaired) electrons. The molecule has 0 spiro atoms. The van der Waals surface area contributed by atoms with Crippen LogP contribution in [-0.2, 0) is 9.59 Å². The SMILES string of the molecule is CCCCCCC1CCC(c2ccc3c(OC(=O)C(C)CCC)ccc(/C=C\C(=O)C(C)CCC)c3c2)CC1. The number of carbonyl (C=O) groups excluding carboxylic acids is 2. The molecule has 1 saturated carbocycles. The van der Waals surface area contributed by atoms with E-state index in [2.05, 4.69) is 39.0 Å². The van der Waals surface area contributed by atoms with E-state index in [-0.39, 0.29) is 23.6 Å². The Balaban J connectivity index is 1.85. The first kappa shape index (κ1) is 31.1. The number of unbranched alkanes of at least 4 members (excludes halogenated alkanes) is 3. The zero-order valence-corrected chi connectivity index (χ0v) is 25.3. The highest BCUT2D eigenvalue weighted by Gasteiger charge is 2.23. The molecule has 0 aliphatic heterocycles.